The summed E-state index contributed by atoms with van der Waals surface area (Å²) in [6, 6.07) is 11.1. The van der Waals surface area contributed by atoms with Gasteiger partial charge in [0.1, 0.15) is 17.5 Å². The minimum Gasteiger partial charge on any atom is -0.399 e. The van der Waals surface area contributed by atoms with Crippen LogP contribution in [0, 0.1) is 11.6 Å². The first kappa shape index (κ1) is 13.3. The number of aromatic nitrogens is 2. The van der Waals surface area contributed by atoms with Gasteiger partial charge < -0.3 is 10.3 Å². The molecule has 1 aromatic heterocycles. The van der Waals surface area contributed by atoms with E-state index in [1.165, 1.54) is 18.2 Å². The molecule has 3 nitrogen and oxygen atoms in total. The lowest BCUT2D eigenvalue weighted by Gasteiger charge is -2.10. The van der Waals surface area contributed by atoms with Gasteiger partial charge in [-0.15, -0.1) is 0 Å². The highest BCUT2D eigenvalue weighted by molar-refractivity contribution is 5.61. The van der Waals surface area contributed by atoms with Gasteiger partial charge in [0.15, 0.2) is 0 Å². The summed E-state index contributed by atoms with van der Waals surface area (Å²) in [7, 11) is 0. The molecule has 0 bridgehead atoms. The second-order valence-corrected chi connectivity index (χ2v) is 4.70. The number of halogens is 2. The van der Waals surface area contributed by atoms with Crippen LogP contribution in [0.3, 0.4) is 0 Å². The van der Waals surface area contributed by atoms with Crippen molar-refractivity contribution in [2.75, 3.05) is 5.73 Å². The number of imidazole rings is 1. The summed E-state index contributed by atoms with van der Waals surface area (Å²) in [6.07, 6.45) is 3.28. The molecule has 0 fully saturated rings. The molecule has 0 aliphatic rings. The van der Waals surface area contributed by atoms with Crippen molar-refractivity contribution in [1.29, 1.82) is 0 Å². The van der Waals surface area contributed by atoms with Crippen molar-refractivity contribution in [3.8, 4) is 11.4 Å². The highest BCUT2D eigenvalue weighted by Crippen LogP contribution is 2.22. The van der Waals surface area contributed by atoms with Crippen molar-refractivity contribution in [2.45, 2.75) is 6.54 Å². The summed E-state index contributed by atoms with van der Waals surface area (Å²) in [4.78, 5) is 4.25. The molecule has 0 saturated carbocycles. The fourth-order valence-corrected chi connectivity index (χ4v) is 2.23. The van der Waals surface area contributed by atoms with Gasteiger partial charge in [0.25, 0.3) is 0 Å². The van der Waals surface area contributed by atoms with Crippen LogP contribution >= 0.6 is 0 Å². The van der Waals surface area contributed by atoms with Crippen LogP contribution in [-0.4, -0.2) is 9.55 Å². The highest BCUT2D eigenvalue weighted by Gasteiger charge is 2.12. The zero-order valence-electron chi connectivity index (χ0n) is 11.1. The van der Waals surface area contributed by atoms with Gasteiger partial charge in [-0.3, -0.25) is 0 Å². The van der Waals surface area contributed by atoms with E-state index < -0.39 is 11.6 Å². The number of hydrogen-bond donors (Lipinski definition) is 1. The minimum absolute atomic E-state index is 0.0145. The van der Waals surface area contributed by atoms with Crippen LogP contribution in [0.2, 0.25) is 0 Å². The molecule has 2 aromatic carbocycles. The van der Waals surface area contributed by atoms with Gasteiger partial charge in [0.2, 0.25) is 0 Å². The van der Waals surface area contributed by atoms with Crippen molar-refractivity contribution < 1.29 is 8.78 Å². The fraction of sp³-hybridized carbons (Fsp3) is 0.0625. The Hall–Kier alpha value is -2.69. The third kappa shape index (κ3) is 2.63. The van der Waals surface area contributed by atoms with Gasteiger partial charge in [-0.25, -0.2) is 13.8 Å². The average Bonchev–Trinajstić information content (AvgIpc) is 2.91. The van der Waals surface area contributed by atoms with E-state index in [-0.39, 0.29) is 12.1 Å². The predicted molar refractivity (Wildman–Crippen MR) is 77.5 cm³/mol. The van der Waals surface area contributed by atoms with Crippen LogP contribution in [0.5, 0.6) is 0 Å². The molecule has 3 rings (SSSR count). The Morgan fingerprint density at radius 3 is 2.48 bits per heavy atom. The number of nitrogen functional groups attached to an aromatic ring is 1. The highest BCUT2D eigenvalue weighted by atomic mass is 19.1. The zero-order chi connectivity index (χ0) is 14.8. The number of hydrogen-bond acceptors (Lipinski definition) is 2. The van der Waals surface area contributed by atoms with E-state index in [0.717, 1.165) is 5.56 Å². The lowest BCUT2D eigenvalue weighted by Crippen LogP contribution is -2.05. The molecular weight excluding hydrogens is 272 g/mol. The molecule has 0 radical (unpaired) electrons. The fourth-order valence-electron chi connectivity index (χ4n) is 2.23. The Labute approximate surface area is 120 Å². The molecule has 0 amide bonds. The Bertz CT molecular complexity index is 760. The molecule has 106 valence electrons. The topological polar surface area (TPSA) is 43.8 Å². The van der Waals surface area contributed by atoms with E-state index in [1.54, 1.807) is 29.1 Å². The van der Waals surface area contributed by atoms with Crippen molar-refractivity contribution in [3.05, 3.63) is 72.1 Å². The second kappa shape index (κ2) is 5.36. The molecule has 21 heavy (non-hydrogen) atoms. The SMILES string of the molecule is Nc1cccc(-c2nccn2Cc2c(F)cccc2F)c1. The largest absolute Gasteiger partial charge is 0.399 e. The molecule has 0 atom stereocenters. The van der Waals surface area contributed by atoms with Crippen molar-refractivity contribution in [1.82, 2.24) is 9.55 Å². The molecule has 5 heteroatoms. The minimum atomic E-state index is -0.567. The van der Waals surface area contributed by atoms with E-state index in [9.17, 15) is 8.78 Å². The molecule has 0 aliphatic heterocycles. The van der Waals surface area contributed by atoms with E-state index >= 15 is 0 Å². The molecule has 0 spiro atoms. The van der Waals surface area contributed by atoms with Crippen LogP contribution in [0.15, 0.2) is 54.9 Å². The first-order valence-electron chi connectivity index (χ1n) is 6.45. The van der Waals surface area contributed by atoms with Crippen molar-refractivity contribution in [2.24, 2.45) is 0 Å². The lowest BCUT2D eigenvalue weighted by molar-refractivity contribution is 0.545. The molecular formula is C16H13F2N3. The summed E-state index contributed by atoms with van der Waals surface area (Å²) in [5, 5.41) is 0. The Kier molecular flexibility index (Phi) is 3.39. The normalized spacial score (nSPS) is 10.8. The maximum atomic E-state index is 13.7. The van der Waals surface area contributed by atoms with Crippen molar-refractivity contribution >= 4 is 5.69 Å². The van der Waals surface area contributed by atoms with Crippen LogP contribution < -0.4 is 5.73 Å². The van der Waals surface area contributed by atoms with E-state index in [2.05, 4.69) is 4.98 Å². The third-order valence-corrected chi connectivity index (χ3v) is 3.25. The first-order chi connectivity index (χ1) is 10.1. The summed E-state index contributed by atoms with van der Waals surface area (Å²) in [5.41, 5.74) is 7.19. The summed E-state index contributed by atoms with van der Waals surface area (Å²) in [5.74, 6) is -0.519. The van der Waals surface area contributed by atoms with Crippen molar-refractivity contribution in [3.63, 3.8) is 0 Å². The van der Waals surface area contributed by atoms with E-state index in [4.69, 9.17) is 5.73 Å². The standard InChI is InChI=1S/C16H13F2N3/c17-14-5-2-6-15(18)13(14)10-21-8-7-20-16(21)11-3-1-4-12(19)9-11/h1-9H,10,19H2. The first-order valence-corrected chi connectivity index (χ1v) is 6.45. The van der Waals surface area contributed by atoms with Gasteiger partial charge >= 0.3 is 0 Å². The van der Waals surface area contributed by atoms with Crippen LogP contribution in [0.25, 0.3) is 11.4 Å². The van der Waals surface area contributed by atoms with Gasteiger partial charge in [-0.2, -0.15) is 0 Å². The van der Waals surface area contributed by atoms with E-state index in [1.807, 2.05) is 12.1 Å². The number of benzene rings is 2. The number of nitrogens with two attached hydrogens (primary N) is 1. The van der Waals surface area contributed by atoms with Gasteiger partial charge in [-0.1, -0.05) is 18.2 Å². The Balaban J connectivity index is 2.00. The lowest BCUT2D eigenvalue weighted by atomic mass is 10.1. The molecule has 1 heterocycles. The Morgan fingerprint density at radius 2 is 1.76 bits per heavy atom. The van der Waals surface area contributed by atoms with Gasteiger partial charge in [0, 0.05) is 29.2 Å². The van der Waals surface area contributed by atoms with Crippen LogP contribution in [-0.2, 0) is 6.54 Å². The number of anilines is 1. The number of rotatable bonds is 3. The predicted octanol–water partition coefficient (Wildman–Crippen LogP) is 3.46. The van der Waals surface area contributed by atoms with E-state index in [0.29, 0.717) is 11.5 Å². The second-order valence-electron chi connectivity index (χ2n) is 4.70. The molecule has 0 saturated heterocycles. The van der Waals surface area contributed by atoms with Gasteiger partial charge in [0.05, 0.1) is 6.54 Å². The molecule has 3 aromatic rings. The smallest absolute Gasteiger partial charge is 0.140 e. The van der Waals surface area contributed by atoms with Gasteiger partial charge in [-0.05, 0) is 24.3 Å². The molecule has 0 aliphatic carbocycles. The third-order valence-electron chi connectivity index (χ3n) is 3.25. The zero-order valence-corrected chi connectivity index (χ0v) is 11.1. The summed E-state index contributed by atoms with van der Waals surface area (Å²) < 4.78 is 29.2. The average molecular weight is 285 g/mol. The summed E-state index contributed by atoms with van der Waals surface area (Å²) in [6.45, 7) is 0.0721. The van der Waals surface area contributed by atoms with Crippen LogP contribution in [0.1, 0.15) is 5.56 Å². The number of nitrogens with zero attached hydrogens (tertiary/aromatic N) is 2. The monoisotopic (exact) mass is 285 g/mol. The Morgan fingerprint density at radius 1 is 1.05 bits per heavy atom. The van der Waals surface area contributed by atoms with Crippen LogP contribution in [0.4, 0.5) is 14.5 Å². The quantitative estimate of drug-likeness (QED) is 0.749. The maximum Gasteiger partial charge on any atom is 0.140 e. The summed E-state index contributed by atoms with van der Waals surface area (Å²) >= 11 is 0. The molecule has 2 N–H and O–H groups in total. The maximum absolute atomic E-state index is 13.7. The molecule has 0 unspecified atom stereocenters.